The van der Waals surface area contributed by atoms with Crippen molar-refractivity contribution in [3.05, 3.63) is 11.7 Å². The van der Waals surface area contributed by atoms with E-state index >= 15 is 0 Å². The average Bonchev–Trinajstić information content (AvgIpc) is 3.06. The molecule has 8 nitrogen and oxygen atoms in total. The first kappa shape index (κ1) is 15.4. The van der Waals surface area contributed by atoms with Gasteiger partial charge in [-0.3, -0.25) is 9.69 Å². The normalized spacial score (nSPS) is 18.7. The van der Waals surface area contributed by atoms with E-state index in [1.165, 1.54) is 4.90 Å². The molecular formula is C13H20N4O4. The van der Waals surface area contributed by atoms with E-state index in [0.717, 1.165) is 6.42 Å². The summed E-state index contributed by atoms with van der Waals surface area (Å²) in [5.41, 5.74) is 0. The van der Waals surface area contributed by atoms with Gasteiger partial charge in [0.15, 0.2) is 5.82 Å². The van der Waals surface area contributed by atoms with Crippen molar-refractivity contribution in [2.75, 3.05) is 20.1 Å². The quantitative estimate of drug-likeness (QED) is 0.798. The number of rotatable bonds is 4. The zero-order chi connectivity index (χ0) is 15.6. The zero-order valence-electron chi connectivity index (χ0n) is 12.4. The standard InChI is InChI=1S/C13H20N4O4/c1-8(2)11-14-10(15-21-11)7-16(3)9-4-5-17(6-9)12(18)13(19)20/h8-9H,4-7H2,1-3H3,(H,19,20). The number of hydrogen-bond acceptors (Lipinski definition) is 6. The summed E-state index contributed by atoms with van der Waals surface area (Å²) < 4.78 is 5.15. The molecule has 1 unspecified atom stereocenters. The molecule has 0 saturated carbocycles. The number of hydrogen-bond donors (Lipinski definition) is 1. The smallest absolute Gasteiger partial charge is 0.394 e. The van der Waals surface area contributed by atoms with Gasteiger partial charge in [0, 0.05) is 25.0 Å². The van der Waals surface area contributed by atoms with Gasteiger partial charge in [0.05, 0.1) is 6.54 Å². The predicted molar refractivity (Wildman–Crippen MR) is 72.5 cm³/mol. The third-order valence-corrected chi connectivity index (χ3v) is 3.63. The number of carbonyl (C=O) groups excluding carboxylic acids is 1. The Bertz CT molecular complexity index is 528. The molecule has 0 aromatic carbocycles. The number of carboxylic acids is 1. The van der Waals surface area contributed by atoms with Gasteiger partial charge in [-0.2, -0.15) is 4.98 Å². The molecule has 1 aliphatic rings. The molecule has 8 heteroatoms. The lowest BCUT2D eigenvalue weighted by Crippen LogP contribution is -2.38. The lowest BCUT2D eigenvalue weighted by atomic mass is 10.2. The number of likely N-dealkylation sites (tertiary alicyclic amines) is 1. The van der Waals surface area contributed by atoms with E-state index in [1.54, 1.807) is 0 Å². The molecule has 2 heterocycles. The van der Waals surface area contributed by atoms with Crippen molar-refractivity contribution in [2.45, 2.75) is 38.8 Å². The van der Waals surface area contributed by atoms with Crippen molar-refractivity contribution in [2.24, 2.45) is 0 Å². The molecule has 0 aliphatic carbocycles. The SMILES string of the molecule is CC(C)c1nc(CN(C)C2CCN(C(=O)C(=O)O)C2)no1. The molecule has 0 radical (unpaired) electrons. The predicted octanol–water partition coefficient (Wildman–Crippen LogP) is 0.310. The van der Waals surface area contributed by atoms with Crippen LogP contribution in [0, 0.1) is 0 Å². The Labute approximate surface area is 122 Å². The van der Waals surface area contributed by atoms with Crippen LogP contribution in [0.1, 0.15) is 37.9 Å². The molecule has 1 N–H and O–H groups in total. The average molecular weight is 296 g/mol. The molecule has 2 rings (SSSR count). The lowest BCUT2D eigenvalue weighted by Gasteiger charge is -2.22. The molecule has 1 aromatic rings. The molecule has 1 saturated heterocycles. The van der Waals surface area contributed by atoms with Gasteiger partial charge in [-0.25, -0.2) is 4.79 Å². The monoisotopic (exact) mass is 296 g/mol. The maximum atomic E-state index is 11.4. The van der Waals surface area contributed by atoms with Crippen LogP contribution >= 0.6 is 0 Å². The first-order chi connectivity index (χ1) is 9.88. The van der Waals surface area contributed by atoms with Crippen molar-refractivity contribution >= 4 is 11.9 Å². The molecule has 1 aromatic heterocycles. The van der Waals surface area contributed by atoms with Gasteiger partial charge in [0.1, 0.15) is 0 Å². The highest BCUT2D eigenvalue weighted by molar-refractivity contribution is 6.31. The van der Waals surface area contributed by atoms with Crippen LogP contribution in [0.25, 0.3) is 0 Å². The number of carbonyl (C=O) groups is 2. The van der Waals surface area contributed by atoms with Gasteiger partial charge >= 0.3 is 11.9 Å². The summed E-state index contributed by atoms with van der Waals surface area (Å²) >= 11 is 0. The van der Waals surface area contributed by atoms with E-state index < -0.39 is 11.9 Å². The van der Waals surface area contributed by atoms with Crippen molar-refractivity contribution < 1.29 is 19.2 Å². The molecule has 0 bridgehead atoms. The lowest BCUT2D eigenvalue weighted by molar-refractivity contribution is -0.155. The minimum atomic E-state index is -1.40. The van der Waals surface area contributed by atoms with Gasteiger partial charge in [-0.15, -0.1) is 0 Å². The molecule has 1 aliphatic heterocycles. The Morgan fingerprint density at radius 3 is 2.81 bits per heavy atom. The molecule has 0 spiro atoms. The Hall–Kier alpha value is -1.96. The summed E-state index contributed by atoms with van der Waals surface area (Å²) in [5.74, 6) is -0.853. The molecule has 1 fully saturated rings. The van der Waals surface area contributed by atoms with Crippen molar-refractivity contribution in [3.8, 4) is 0 Å². The van der Waals surface area contributed by atoms with Crippen LogP contribution in [-0.4, -0.2) is 63.1 Å². The fraction of sp³-hybridized carbons (Fsp3) is 0.692. The van der Waals surface area contributed by atoms with E-state index in [2.05, 4.69) is 10.1 Å². The fourth-order valence-corrected chi connectivity index (χ4v) is 2.34. The van der Waals surface area contributed by atoms with Crippen molar-refractivity contribution in [1.29, 1.82) is 0 Å². The summed E-state index contributed by atoms with van der Waals surface area (Å²) in [6.45, 7) is 5.34. The van der Waals surface area contributed by atoms with E-state index in [-0.39, 0.29) is 12.0 Å². The Balaban J connectivity index is 1.90. The minimum Gasteiger partial charge on any atom is -0.474 e. The molecule has 21 heavy (non-hydrogen) atoms. The second-order valence-corrected chi connectivity index (χ2v) is 5.62. The maximum Gasteiger partial charge on any atom is 0.394 e. The summed E-state index contributed by atoms with van der Waals surface area (Å²) in [6, 6.07) is 0.106. The fourth-order valence-electron chi connectivity index (χ4n) is 2.34. The van der Waals surface area contributed by atoms with Crippen molar-refractivity contribution in [1.82, 2.24) is 19.9 Å². The number of carboxylic acid groups (broad SMARTS) is 1. The van der Waals surface area contributed by atoms with Crippen LogP contribution in [0.2, 0.25) is 0 Å². The number of aromatic nitrogens is 2. The first-order valence-corrected chi connectivity index (χ1v) is 6.93. The van der Waals surface area contributed by atoms with E-state index in [4.69, 9.17) is 9.63 Å². The third-order valence-electron chi connectivity index (χ3n) is 3.63. The van der Waals surface area contributed by atoms with E-state index in [0.29, 0.717) is 31.3 Å². The largest absolute Gasteiger partial charge is 0.474 e. The van der Waals surface area contributed by atoms with Gasteiger partial charge in [0.2, 0.25) is 5.89 Å². The zero-order valence-corrected chi connectivity index (χ0v) is 12.4. The summed E-state index contributed by atoms with van der Waals surface area (Å²) in [7, 11) is 1.91. The highest BCUT2D eigenvalue weighted by Crippen LogP contribution is 2.17. The Morgan fingerprint density at radius 1 is 1.52 bits per heavy atom. The van der Waals surface area contributed by atoms with Crippen LogP contribution in [0.4, 0.5) is 0 Å². The third kappa shape index (κ3) is 3.57. The number of amides is 1. The van der Waals surface area contributed by atoms with Crippen LogP contribution < -0.4 is 0 Å². The second kappa shape index (κ2) is 6.21. The van der Waals surface area contributed by atoms with Crippen LogP contribution in [0.3, 0.4) is 0 Å². The van der Waals surface area contributed by atoms with Crippen LogP contribution in [0.15, 0.2) is 4.52 Å². The second-order valence-electron chi connectivity index (χ2n) is 5.62. The van der Waals surface area contributed by atoms with Gasteiger partial charge in [-0.1, -0.05) is 19.0 Å². The van der Waals surface area contributed by atoms with Gasteiger partial charge in [-0.05, 0) is 13.5 Å². The highest BCUT2D eigenvalue weighted by Gasteiger charge is 2.32. The summed E-state index contributed by atoms with van der Waals surface area (Å²) in [5, 5.41) is 12.6. The molecule has 1 atom stereocenters. The molecule has 116 valence electrons. The summed E-state index contributed by atoms with van der Waals surface area (Å²) in [6.07, 6.45) is 0.740. The van der Waals surface area contributed by atoms with Crippen molar-refractivity contribution in [3.63, 3.8) is 0 Å². The minimum absolute atomic E-state index is 0.106. The molecule has 1 amide bonds. The molecular weight excluding hydrogens is 276 g/mol. The number of nitrogens with zero attached hydrogens (tertiary/aromatic N) is 4. The van der Waals surface area contributed by atoms with Crippen LogP contribution in [-0.2, 0) is 16.1 Å². The topological polar surface area (TPSA) is 99.8 Å². The first-order valence-electron chi connectivity index (χ1n) is 6.93. The maximum absolute atomic E-state index is 11.4. The Morgan fingerprint density at radius 2 is 2.24 bits per heavy atom. The number of likely N-dealkylation sites (N-methyl/N-ethyl adjacent to an activating group) is 1. The highest BCUT2D eigenvalue weighted by atomic mass is 16.5. The number of aliphatic carboxylic acids is 1. The summed E-state index contributed by atoms with van der Waals surface area (Å²) in [4.78, 5) is 29.8. The van der Waals surface area contributed by atoms with Crippen LogP contribution in [0.5, 0.6) is 0 Å². The van der Waals surface area contributed by atoms with E-state index in [1.807, 2.05) is 25.8 Å². The van der Waals surface area contributed by atoms with Gasteiger partial charge in [0.25, 0.3) is 0 Å². The van der Waals surface area contributed by atoms with E-state index in [9.17, 15) is 9.59 Å². The Kier molecular flexibility index (Phi) is 4.56. The van der Waals surface area contributed by atoms with Gasteiger partial charge < -0.3 is 14.5 Å².